The second-order valence-electron chi connectivity index (χ2n) is 6.20. The van der Waals surface area contributed by atoms with Crippen molar-refractivity contribution in [3.63, 3.8) is 0 Å². The molecule has 1 N–H and O–H groups in total. The van der Waals surface area contributed by atoms with Crippen LogP contribution in [0.15, 0.2) is 24.3 Å². The largest absolute Gasteiger partial charge is 0.386 e. The van der Waals surface area contributed by atoms with Crippen molar-refractivity contribution in [1.82, 2.24) is 0 Å². The van der Waals surface area contributed by atoms with Crippen molar-refractivity contribution in [2.24, 2.45) is 0 Å². The Labute approximate surface area is 121 Å². The number of aliphatic hydroxyl groups is 1. The highest BCUT2D eigenvalue weighted by Gasteiger charge is 2.33. The summed E-state index contributed by atoms with van der Waals surface area (Å²) in [6.45, 7) is 9.89. The Hall–Kier alpha value is -1.24. The molecular weight excluding hydrogens is 274 g/mol. The second kappa shape index (κ2) is 6.47. The fraction of sp³-hybridized carbons (Fsp3) is 0.571. The van der Waals surface area contributed by atoms with Crippen LogP contribution < -0.4 is 0 Å². The van der Waals surface area contributed by atoms with Gasteiger partial charge in [0.1, 0.15) is 6.10 Å². The summed E-state index contributed by atoms with van der Waals surface area (Å²) in [5.41, 5.74) is -0.492. The molecule has 1 aromatic rings. The van der Waals surface area contributed by atoms with Crippen LogP contribution >= 0.6 is 0 Å². The van der Waals surface area contributed by atoms with E-state index in [1.54, 1.807) is 18.2 Å². The van der Waals surface area contributed by atoms with Gasteiger partial charge in [-0.1, -0.05) is 25.2 Å². The van der Waals surface area contributed by atoms with Gasteiger partial charge in [0.2, 0.25) is 0 Å². The first-order valence-electron chi connectivity index (χ1n) is 6.72. The van der Waals surface area contributed by atoms with Crippen molar-refractivity contribution in [2.75, 3.05) is 0 Å². The minimum atomic E-state index is -1.36. The lowest BCUT2D eigenvalue weighted by atomic mass is 10.1. The van der Waals surface area contributed by atoms with E-state index in [1.807, 2.05) is 20.8 Å². The zero-order chi connectivity index (χ0) is 15.5. The van der Waals surface area contributed by atoms with Crippen LogP contribution in [0.2, 0.25) is 13.1 Å². The molecular formula is C14H23NO4Si. The molecule has 0 spiro atoms. The summed E-state index contributed by atoms with van der Waals surface area (Å²) >= 11 is 0. The lowest BCUT2D eigenvalue weighted by Gasteiger charge is -2.33. The topological polar surface area (TPSA) is 72.6 Å². The van der Waals surface area contributed by atoms with E-state index in [4.69, 9.17) is 4.74 Å². The van der Waals surface area contributed by atoms with Crippen molar-refractivity contribution in [3.8, 4) is 0 Å². The van der Waals surface area contributed by atoms with Gasteiger partial charge in [0.05, 0.1) is 30.6 Å². The summed E-state index contributed by atoms with van der Waals surface area (Å²) < 4.78 is 5.94. The van der Waals surface area contributed by atoms with Gasteiger partial charge in [0.15, 0.2) is 0 Å². The maximum Gasteiger partial charge on any atom is 0.275 e. The highest BCUT2D eigenvalue weighted by molar-refractivity contribution is 6.57. The third kappa shape index (κ3) is 4.40. The lowest BCUT2D eigenvalue weighted by Crippen LogP contribution is -2.40. The smallest absolute Gasteiger partial charge is 0.275 e. The number of hydrogen-bond donors (Lipinski definition) is 1. The van der Waals surface area contributed by atoms with E-state index in [0.717, 1.165) is 0 Å². The number of hydrogen-bond acceptors (Lipinski definition) is 4. The Morgan fingerprint density at radius 3 is 2.30 bits per heavy atom. The molecule has 0 aliphatic carbocycles. The summed E-state index contributed by atoms with van der Waals surface area (Å²) in [7, 11) is -1.36. The molecule has 0 radical (unpaired) electrons. The number of nitrogens with zero attached hydrogens (tertiary/aromatic N) is 1. The van der Waals surface area contributed by atoms with Crippen LogP contribution in [0.4, 0.5) is 5.69 Å². The van der Waals surface area contributed by atoms with Crippen LogP contribution in [0, 0.1) is 10.1 Å². The maximum atomic E-state index is 11.1. The number of rotatable bonds is 5. The fourth-order valence-corrected chi connectivity index (χ4v) is 3.67. The third-order valence-corrected chi connectivity index (χ3v) is 4.72. The minimum absolute atomic E-state index is 0.0582. The van der Waals surface area contributed by atoms with Crippen LogP contribution in [0.5, 0.6) is 0 Å². The number of aliphatic hydroxyl groups excluding tert-OH is 1. The van der Waals surface area contributed by atoms with Gasteiger partial charge in [-0.2, -0.15) is 0 Å². The summed E-state index contributed by atoms with van der Waals surface area (Å²) in [6.07, 6.45) is -0.970. The molecule has 1 aromatic carbocycles. The maximum absolute atomic E-state index is 11.1. The Balaban J connectivity index is 3.13. The van der Waals surface area contributed by atoms with Crippen LogP contribution in [0.3, 0.4) is 0 Å². The molecule has 0 heterocycles. The SMILES string of the molecule is C[SiH](C)C(OC(C)(C)C)C(O)c1ccccc1[N+](=O)[O-]. The third-order valence-electron chi connectivity index (χ3n) is 2.91. The van der Waals surface area contributed by atoms with Crippen molar-refractivity contribution in [1.29, 1.82) is 0 Å². The Morgan fingerprint density at radius 2 is 1.85 bits per heavy atom. The van der Waals surface area contributed by atoms with Crippen molar-refractivity contribution in [3.05, 3.63) is 39.9 Å². The molecule has 5 nitrogen and oxygen atoms in total. The molecule has 1 rings (SSSR count). The molecule has 0 saturated carbocycles. The molecule has 0 aliphatic rings. The fourth-order valence-electron chi connectivity index (χ4n) is 2.05. The molecule has 2 atom stereocenters. The summed E-state index contributed by atoms with van der Waals surface area (Å²) in [5.74, 6) is 0. The molecule has 112 valence electrons. The standard InChI is InChI=1S/C14H23NO4Si/c1-14(2,3)19-13(20(4)5)12(16)10-8-6-7-9-11(10)15(17)18/h6-9,12-13,16,20H,1-5H3. The van der Waals surface area contributed by atoms with Crippen LogP contribution in [-0.2, 0) is 4.74 Å². The highest BCUT2D eigenvalue weighted by atomic mass is 28.3. The monoisotopic (exact) mass is 297 g/mol. The Morgan fingerprint density at radius 1 is 1.30 bits per heavy atom. The van der Waals surface area contributed by atoms with Gasteiger partial charge in [0.25, 0.3) is 5.69 Å². The predicted octanol–water partition coefficient (Wildman–Crippen LogP) is 2.84. The Bertz CT molecular complexity index is 470. The summed E-state index contributed by atoms with van der Waals surface area (Å²) in [5, 5.41) is 21.6. The lowest BCUT2D eigenvalue weighted by molar-refractivity contribution is -0.386. The van der Waals surface area contributed by atoms with Gasteiger partial charge in [-0.3, -0.25) is 10.1 Å². The average molecular weight is 297 g/mol. The zero-order valence-corrected chi connectivity index (χ0v) is 13.8. The molecule has 2 unspecified atom stereocenters. The normalized spacial score (nSPS) is 15.2. The average Bonchev–Trinajstić information content (AvgIpc) is 2.33. The first-order chi connectivity index (χ1) is 9.13. The van der Waals surface area contributed by atoms with E-state index in [1.165, 1.54) is 6.07 Å². The summed E-state index contributed by atoms with van der Waals surface area (Å²) in [6, 6.07) is 6.30. The Kier molecular flexibility index (Phi) is 5.44. The number of nitro groups is 1. The van der Waals surface area contributed by atoms with Gasteiger partial charge >= 0.3 is 0 Å². The number of para-hydroxylation sites is 1. The number of benzene rings is 1. The van der Waals surface area contributed by atoms with Crippen LogP contribution in [0.25, 0.3) is 0 Å². The van der Waals surface area contributed by atoms with Gasteiger partial charge in [-0.05, 0) is 26.8 Å². The van der Waals surface area contributed by atoms with Gasteiger partial charge in [-0.15, -0.1) is 0 Å². The molecule has 0 aromatic heterocycles. The van der Waals surface area contributed by atoms with Crippen molar-refractivity contribution >= 4 is 14.5 Å². The van der Waals surface area contributed by atoms with E-state index in [-0.39, 0.29) is 11.4 Å². The van der Waals surface area contributed by atoms with E-state index < -0.39 is 25.4 Å². The number of nitro benzene ring substituents is 1. The molecule has 0 amide bonds. The first-order valence-corrected chi connectivity index (χ1v) is 9.70. The molecule has 0 aliphatic heterocycles. The van der Waals surface area contributed by atoms with E-state index >= 15 is 0 Å². The molecule has 0 fully saturated rings. The molecule has 0 bridgehead atoms. The molecule has 6 heteroatoms. The minimum Gasteiger partial charge on any atom is -0.386 e. The van der Waals surface area contributed by atoms with Crippen molar-refractivity contribution < 1.29 is 14.8 Å². The van der Waals surface area contributed by atoms with E-state index in [9.17, 15) is 15.2 Å². The quantitative estimate of drug-likeness (QED) is 0.515. The van der Waals surface area contributed by atoms with E-state index in [0.29, 0.717) is 5.56 Å². The van der Waals surface area contributed by atoms with Gasteiger partial charge < -0.3 is 9.84 Å². The van der Waals surface area contributed by atoms with E-state index in [2.05, 4.69) is 13.1 Å². The van der Waals surface area contributed by atoms with Gasteiger partial charge in [0, 0.05) is 6.07 Å². The van der Waals surface area contributed by atoms with Crippen LogP contribution in [0.1, 0.15) is 32.4 Å². The second-order valence-corrected chi connectivity index (χ2v) is 9.34. The molecule has 0 saturated heterocycles. The zero-order valence-electron chi connectivity index (χ0n) is 12.7. The van der Waals surface area contributed by atoms with Crippen LogP contribution in [-0.4, -0.2) is 30.2 Å². The first kappa shape index (κ1) is 16.8. The summed E-state index contributed by atoms with van der Waals surface area (Å²) in [4.78, 5) is 10.6. The van der Waals surface area contributed by atoms with Gasteiger partial charge in [-0.25, -0.2) is 0 Å². The number of ether oxygens (including phenoxy) is 1. The van der Waals surface area contributed by atoms with Crippen molar-refractivity contribution in [2.45, 2.75) is 51.3 Å². The predicted molar refractivity (Wildman–Crippen MR) is 81.6 cm³/mol. The molecule has 20 heavy (non-hydrogen) atoms. The highest BCUT2D eigenvalue weighted by Crippen LogP contribution is 2.31.